The molecular formula is C25H25ClN4O2. The minimum atomic E-state index is -0.180. The molecule has 2 aromatic carbocycles. The first-order valence-electron chi connectivity index (χ1n) is 10.5. The third kappa shape index (κ3) is 4.32. The van der Waals surface area contributed by atoms with Gasteiger partial charge in [-0.1, -0.05) is 48.0 Å². The average molecular weight is 449 g/mol. The van der Waals surface area contributed by atoms with E-state index < -0.39 is 0 Å². The van der Waals surface area contributed by atoms with Crippen LogP contribution in [0.5, 0.6) is 0 Å². The largest absolute Gasteiger partial charge is 0.352 e. The van der Waals surface area contributed by atoms with Crippen LogP contribution in [0.2, 0.25) is 5.02 Å². The van der Waals surface area contributed by atoms with Gasteiger partial charge >= 0.3 is 0 Å². The molecular weight excluding hydrogens is 424 g/mol. The van der Waals surface area contributed by atoms with Crippen LogP contribution in [-0.2, 0) is 24.8 Å². The Morgan fingerprint density at radius 1 is 1.09 bits per heavy atom. The van der Waals surface area contributed by atoms with Crippen molar-refractivity contribution < 1.29 is 4.79 Å². The number of hydrogen-bond donors (Lipinski definition) is 1. The molecule has 32 heavy (non-hydrogen) atoms. The number of nitrogens with one attached hydrogen (secondary N) is 1. The molecule has 0 spiro atoms. The van der Waals surface area contributed by atoms with E-state index in [1.807, 2.05) is 67.9 Å². The molecule has 164 valence electrons. The van der Waals surface area contributed by atoms with Crippen LogP contribution in [0.15, 0.2) is 59.4 Å². The third-order valence-electron chi connectivity index (χ3n) is 5.85. The number of aryl methyl sites for hydroxylation is 2. The Morgan fingerprint density at radius 3 is 2.53 bits per heavy atom. The second kappa shape index (κ2) is 9.01. The van der Waals surface area contributed by atoms with Crippen LogP contribution in [0, 0.1) is 13.8 Å². The van der Waals surface area contributed by atoms with Gasteiger partial charge in [-0.15, -0.1) is 0 Å². The summed E-state index contributed by atoms with van der Waals surface area (Å²) in [4.78, 5) is 25.6. The van der Waals surface area contributed by atoms with Gasteiger partial charge in [0, 0.05) is 47.9 Å². The Labute approximate surface area is 191 Å². The third-order valence-corrected chi connectivity index (χ3v) is 6.10. The number of halogens is 1. The Morgan fingerprint density at radius 2 is 1.81 bits per heavy atom. The van der Waals surface area contributed by atoms with Crippen LogP contribution < -0.4 is 10.9 Å². The molecule has 0 fully saturated rings. The zero-order chi connectivity index (χ0) is 22.8. The van der Waals surface area contributed by atoms with E-state index in [-0.39, 0.29) is 17.9 Å². The fourth-order valence-corrected chi connectivity index (χ4v) is 3.95. The van der Waals surface area contributed by atoms with Crippen molar-refractivity contribution in [3.05, 3.63) is 92.4 Å². The summed E-state index contributed by atoms with van der Waals surface area (Å²) in [6.45, 7) is 4.35. The van der Waals surface area contributed by atoms with Crippen LogP contribution >= 0.6 is 11.6 Å². The summed E-state index contributed by atoms with van der Waals surface area (Å²) in [6, 6.07) is 17.2. The van der Waals surface area contributed by atoms with Crippen LogP contribution in [0.4, 0.5) is 0 Å². The lowest BCUT2D eigenvalue weighted by atomic mass is 10.1. The fourth-order valence-electron chi connectivity index (χ4n) is 3.83. The maximum absolute atomic E-state index is 13.2. The first-order chi connectivity index (χ1) is 15.3. The lowest BCUT2D eigenvalue weighted by Crippen LogP contribution is -2.27. The molecule has 0 saturated carbocycles. The minimum absolute atomic E-state index is 0.109. The normalized spacial score (nSPS) is 11.1. The molecule has 0 unspecified atom stereocenters. The first kappa shape index (κ1) is 21.8. The van der Waals surface area contributed by atoms with Crippen molar-refractivity contribution in [3.8, 4) is 11.3 Å². The summed E-state index contributed by atoms with van der Waals surface area (Å²) in [7, 11) is 1.91. The van der Waals surface area contributed by atoms with E-state index >= 15 is 0 Å². The monoisotopic (exact) mass is 448 g/mol. The summed E-state index contributed by atoms with van der Waals surface area (Å²) in [6.07, 6.45) is 0.571. The molecule has 4 aromatic rings. The van der Waals surface area contributed by atoms with Crippen LogP contribution in [-0.4, -0.2) is 20.1 Å². The van der Waals surface area contributed by atoms with E-state index in [1.165, 1.54) is 4.52 Å². The Bertz CT molecular complexity index is 1350. The van der Waals surface area contributed by atoms with Crippen LogP contribution in [0.3, 0.4) is 0 Å². The number of carbonyl (C=O) groups is 1. The topological polar surface area (TPSA) is 68.4 Å². The standard InChI is InChI=1S/C25H25ClN4O2/c1-16-6-4-5-7-20(16)22-14-24-29(3)17(2)21(25(32)30(24)28-22)12-13-23(31)27-15-18-8-10-19(26)11-9-18/h4-11,14H,12-13,15H2,1-3H3,(H,27,31). The van der Waals surface area contributed by atoms with Gasteiger partial charge in [-0.2, -0.15) is 9.61 Å². The molecule has 2 heterocycles. The van der Waals surface area contributed by atoms with E-state index in [9.17, 15) is 9.59 Å². The molecule has 0 aliphatic rings. The predicted molar refractivity (Wildman–Crippen MR) is 127 cm³/mol. The van der Waals surface area contributed by atoms with Gasteiger partial charge in [0.05, 0.1) is 5.69 Å². The predicted octanol–water partition coefficient (Wildman–Crippen LogP) is 4.22. The Kier molecular flexibility index (Phi) is 6.15. The number of aromatic nitrogens is 3. The van der Waals surface area contributed by atoms with Crippen molar-refractivity contribution in [2.75, 3.05) is 0 Å². The highest BCUT2D eigenvalue weighted by Gasteiger charge is 2.17. The number of hydrogen-bond acceptors (Lipinski definition) is 3. The summed E-state index contributed by atoms with van der Waals surface area (Å²) >= 11 is 5.89. The molecule has 1 N–H and O–H groups in total. The molecule has 1 amide bonds. The van der Waals surface area contributed by atoms with Crippen molar-refractivity contribution in [2.45, 2.75) is 33.2 Å². The summed E-state index contributed by atoms with van der Waals surface area (Å²) in [5.74, 6) is -0.109. The zero-order valence-electron chi connectivity index (χ0n) is 18.4. The van der Waals surface area contributed by atoms with Crippen molar-refractivity contribution >= 4 is 23.2 Å². The second-order valence-corrected chi connectivity index (χ2v) is 8.38. The Hall–Kier alpha value is -3.38. The van der Waals surface area contributed by atoms with Crippen molar-refractivity contribution in [2.24, 2.45) is 7.05 Å². The molecule has 6 nitrogen and oxygen atoms in total. The van der Waals surface area contributed by atoms with Gasteiger partial charge < -0.3 is 9.88 Å². The highest BCUT2D eigenvalue weighted by molar-refractivity contribution is 6.30. The molecule has 7 heteroatoms. The maximum atomic E-state index is 13.2. The minimum Gasteiger partial charge on any atom is -0.352 e. The smallest absolute Gasteiger partial charge is 0.277 e. The van der Waals surface area contributed by atoms with Gasteiger partial charge in [-0.25, -0.2) is 0 Å². The molecule has 0 saturated heterocycles. The molecule has 2 aromatic heterocycles. The number of nitrogens with zero attached hydrogens (tertiary/aromatic N) is 3. The summed E-state index contributed by atoms with van der Waals surface area (Å²) < 4.78 is 3.40. The first-order valence-corrected chi connectivity index (χ1v) is 10.9. The number of carbonyl (C=O) groups excluding carboxylic acids is 1. The number of rotatable bonds is 6. The zero-order valence-corrected chi connectivity index (χ0v) is 19.1. The summed E-state index contributed by atoms with van der Waals surface area (Å²) in [5, 5.41) is 8.14. The van der Waals surface area contributed by atoms with Gasteiger partial charge in [-0.3, -0.25) is 9.59 Å². The SMILES string of the molecule is Cc1ccccc1-c1cc2n(C)c(C)c(CCC(=O)NCc3ccc(Cl)cc3)c(=O)n2n1. The van der Waals surface area contributed by atoms with Gasteiger partial charge in [0.1, 0.15) is 5.65 Å². The quantitative estimate of drug-likeness (QED) is 0.480. The molecule has 0 aliphatic carbocycles. The highest BCUT2D eigenvalue weighted by atomic mass is 35.5. The van der Waals surface area contributed by atoms with Crippen molar-refractivity contribution in [1.82, 2.24) is 19.5 Å². The van der Waals surface area contributed by atoms with E-state index in [2.05, 4.69) is 10.4 Å². The van der Waals surface area contributed by atoms with E-state index in [0.717, 1.165) is 33.7 Å². The molecule has 0 atom stereocenters. The number of fused-ring (bicyclic) bond motifs is 1. The maximum Gasteiger partial charge on any atom is 0.277 e. The van der Waals surface area contributed by atoms with E-state index in [1.54, 1.807) is 12.1 Å². The molecule has 0 bridgehead atoms. The van der Waals surface area contributed by atoms with Gasteiger partial charge in [0.15, 0.2) is 0 Å². The van der Waals surface area contributed by atoms with Gasteiger partial charge in [-0.05, 0) is 43.5 Å². The van der Waals surface area contributed by atoms with Gasteiger partial charge in [0.2, 0.25) is 5.91 Å². The van der Waals surface area contributed by atoms with Gasteiger partial charge in [0.25, 0.3) is 5.56 Å². The molecule has 4 rings (SSSR count). The van der Waals surface area contributed by atoms with Crippen molar-refractivity contribution in [1.29, 1.82) is 0 Å². The number of amides is 1. The van der Waals surface area contributed by atoms with E-state index in [0.29, 0.717) is 23.6 Å². The fraction of sp³-hybridized carbons (Fsp3) is 0.240. The second-order valence-electron chi connectivity index (χ2n) is 7.95. The number of benzene rings is 2. The molecule has 0 aliphatic heterocycles. The lowest BCUT2D eigenvalue weighted by molar-refractivity contribution is -0.121. The van der Waals surface area contributed by atoms with E-state index in [4.69, 9.17) is 11.6 Å². The van der Waals surface area contributed by atoms with Crippen LogP contribution in [0.1, 0.15) is 28.8 Å². The Balaban J connectivity index is 1.55. The highest BCUT2D eigenvalue weighted by Crippen LogP contribution is 2.23. The van der Waals surface area contributed by atoms with Crippen LogP contribution in [0.25, 0.3) is 16.9 Å². The molecule has 0 radical (unpaired) electrons. The van der Waals surface area contributed by atoms with Crippen molar-refractivity contribution in [3.63, 3.8) is 0 Å². The average Bonchev–Trinajstić information content (AvgIpc) is 3.23. The summed E-state index contributed by atoms with van der Waals surface area (Å²) in [5.41, 5.74) is 5.80. The lowest BCUT2D eigenvalue weighted by Gasteiger charge is -2.12.